The lowest BCUT2D eigenvalue weighted by atomic mass is 10.2. The van der Waals surface area contributed by atoms with Crippen molar-refractivity contribution in [2.45, 2.75) is 11.8 Å². The summed E-state index contributed by atoms with van der Waals surface area (Å²) < 4.78 is 25.0. The van der Waals surface area contributed by atoms with E-state index in [2.05, 4.69) is 36.8 Å². The third kappa shape index (κ3) is 2.37. The zero-order valence-electron chi connectivity index (χ0n) is 6.40. The van der Waals surface area contributed by atoms with E-state index in [-0.39, 0.29) is 11.5 Å². The second-order valence-electron chi connectivity index (χ2n) is 2.33. The van der Waals surface area contributed by atoms with Gasteiger partial charge in [0.1, 0.15) is 11.5 Å². The Morgan fingerprint density at radius 3 is 2.54 bits per heavy atom. The molecule has 0 radical (unpaired) electrons. The maximum Gasteiger partial charge on any atom is 0.280 e. The molecular formula is C7H6Br2F2N2. The van der Waals surface area contributed by atoms with Crippen LogP contribution in [0.25, 0.3) is 0 Å². The van der Waals surface area contributed by atoms with Crippen LogP contribution in [0, 0.1) is 0 Å². The van der Waals surface area contributed by atoms with Gasteiger partial charge in [0, 0.05) is 15.4 Å². The molecule has 0 bridgehead atoms. The molecule has 13 heavy (non-hydrogen) atoms. The molecule has 0 spiro atoms. The summed E-state index contributed by atoms with van der Waals surface area (Å²) in [5, 5.41) is 0.482. The molecule has 0 saturated heterocycles. The van der Waals surface area contributed by atoms with E-state index >= 15 is 0 Å². The van der Waals surface area contributed by atoms with Crippen molar-refractivity contribution in [1.29, 1.82) is 0 Å². The summed E-state index contributed by atoms with van der Waals surface area (Å²) in [5.41, 5.74) is 5.84. The van der Waals surface area contributed by atoms with Gasteiger partial charge in [0.15, 0.2) is 0 Å². The van der Waals surface area contributed by atoms with Gasteiger partial charge in [0.05, 0.1) is 0 Å². The van der Waals surface area contributed by atoms with Crippen LogP contribution in [0.15, 0.2) is 10.5 Å². The highest BCUT2D eigenvalue weighted by atomic mass is 79.9. The average Bonchev–Trinajstić information content (AvgIpc) is 2.03. The van der Waals surface area contributed by atoms with Crippen LogP contribution in [-0.4, -0.2) is 4.98 Å². The topological polar surface area (TPSA) is 38.9 Å². The first-order valence-electron chi connectivity index (χ1n) is 3.35. The van der Waals surface area contributed by atoms with E-state index in [1.807, 2.05) is 0 Å². The zero-order valence-corrected chi connectivity index (χ0v) is 9.57. The van der Waals surface area contributed by atoms with Crippen molar-refractivity contribution in [3.8, 4) is 0 Å². The fourth-order valence-electron chi connectivity index (χ4n) is 0.822. The number of halogens is 4. The molecule has 6 heteroatoms. The lowest BCUT2D eigenvalue weighted by Crippen LogP contribution is -2.01. The van der Waals surface area contributed by atoms with Gasteiger partial charge in [0.25, 0.3) is 6.43 Å². The molecular weight excluding hydrogens is 310 g/mol. The van der Waals surface area contributed by atoms with Crippen LogP contribution >= 0.6 is 31.9 Å². The predicted molar refractivity (Wildman–Crippen MR) is 53.9 cm³/mol. The number of pyridine rings is 1. The van der Waals surface area contributed by atoms with E-state index in [0.717, 1.165) is 0 Å². The van der Waals surface area contributed by atoms with Crippen molar-refractivity contribution in [2.75, 3.05) is 5.73 Å². The van der Waals surface area contributed by atoms with Crippen molar-refractivity contribution >= 4 is 37.7 Å². The predicted octanol–water partition coefficient (Wildman–Crippen LogP) is 3.26. The summed E-state index contributed by atoms with van der Waals surface area (Å²) in [6.45, 7) is 0. The number of nitrogen functional groups attached to an aromatic ring is 1. The third-order valence-corrected chi connectivity index (χ3v) is 2.75. The number of alkyl halides is 3. The number of aromatic nitrogens is 1. The van der Waals surface area contributed by atoms with E-state index < -0.39 is 6.43 Å². The Morgan fingerprint density at radius 1 is 1.54 bits per heavy atom. The quantitative estimate of drug-likeness (QED) is 0.851. The molecule has 2 nitrogen and oxygen atoms in total. The zero-order chi connectivity index (χ0) is 10.0. The first-order valence-corrected chi connectivity index (χ1v) is 5.26. The first-order chi connectivity index (χ1) is 6.06. The van der Waals surface area contributed by atoms with Crippen LogP contribution < -0.4 is 5.73 Å². The van der Waals surface area contributed by atoms with E-state index in [1.54, 1.807) is 0 Å². The highest BCUT2D eigenvalue weighted by molar-refractivity contribution is 9.10. The summed E-state index contributed by atoms with van der Waals surface area (Å²) in [7, 11) is 0. The number of hydrogen-bond acceptors (Lipinski definition) is 2. The molecule has 1 aromatic heterocycles. The van der Waals surface area contributed by atoms with Crippen LogP contribution in [0.4, 0.5) is 14.6 Å². The van der Waals surface area contributed by atoms with E-state index in [1.165, 1.54) is 6.07 Å². The Labute approximate surface area is 90.8 Å². The Bertz CT molecular complexity index is 294. The number of nitrogens with two attached hydrogens (primary N) is 1. The van der Waals surface area contributed by atoms with Gasteiger partial charge < -0.3 is 5.73 Å². The fourth-order valence-corrected chi connectivity index (χ4v) is 2.37. The minimum absolute atomic E-state index is 0.126. The second kappa shape index (κ2) is 4.32. The lowest BCUT2D eigenvalue weighted by Gasteiger charge is -2.06. The number of nitrogens with zero attached hydrogens (tertiary/aromatic N) is 1. The molecule has 0 aliphatic heterocycles. The largest absolute Gasteiger partial charge is 0.383 e. The van der Waals surface area contributed by atoms with Crippen molar-refractivity contribution in [3.63, 3.8) is 0 Å². The monoisotopic (exact) mass is 314 g/mol. The molecule has 0 saturated carbocycles. The van der Waals surface area contributed by atoms with E-state index in [0.29, 0.717) is 15.4 Å². The van der Waals surface area contributed by atoms with Crippen LogP contribution in [-0.2, 0) is 5.33 Å². The average molecular weight is 316 g/mol. The SMILES string of the molecule is Nc1nc(C(F)F)cc(Br)c1CBr. The van der Waals surface area contributed by atoms with Crippen molar-refractivity contribution in [1.82, 2.24) is 4.98 Å². The molecule has 0 unspecified atom stereocenters. The van der Waals surface area contributed by atoms with Crippen molar-refractivity contribution < 1.29 is 8.78 Å². The summed E-state index contributed by atoms with van der Waals surface area (Å²) in [5.74, 6) is 0.126. The molecule has 0 aliphatic carbocycles. The minimum Gasteiger partial charge on any atom is -0.383 e. The third-order valence-electron chi connectivity index (χ3n) is 1.48. The molecule has 2 N–H and O–H groups in total. The summed E-state index contributed by atoms with van der Waals surface area (Å²) in [6, 6.07) is 1.28. The number of anilines is 1. The van der Waals surface area contributed by atoms with Gasteiger partial charge in [-0.15, -0.1) is 0 Å². The van der Waals surface area contributed by atoms with Crippen LogP contribution in [0.2, 0.25) is 0 Å². The second-order valence-corrected chi connectivity index (χ2v) is 3.74. The van der Waals surface area contributed by atoms with E-state index in [4.69, 9.17) is 5.73 Å². The standard InChI is InChI=1S/C7H6Br2F2N2/c8-2-3-4(9)1-5(6(10)11)13-7(3)12/h1,6H,2H2,(H2,12,13). The number of hydrogen-bond donors (Lipinski definition) is 1. The minimum atomic E-state index is -2.59. The Hall–Kier alpha value is -0.230. The fraction of sp³-hybridized carbons (Fsp3) is 0.286. The molecule has 72 valence electrons. The highest BCUT2D eigenvalue weighted by Gasteiger charge is 2.13. The summed E-state index contributed by atoms with van der Waals surface area (Å²) in [6.07, 6.45) is -2.59. The normalized spacial score (nSPS) is 10.8. The van der Waals surface area contributed by atoms with Gasteiger partial charge in [-0.2, -0.15) is 0 Å². The Kier molecular flexibility index (Phi) is 3.61. The van der Waals surface area contributed by atoms with E-state index in [9.17, 15) is 8.78 Å². The molecule has 0 amide bonds. The molecule has 0 aromatic carbocycles. The molecule has 1 aromatic rings. The summed E-state index contributed by atoms with van der Waals surface area (Å²) >= 11 is 6.33. The Balaban J connectivity index is 3.20. The maximum absolute atomic E-state index is 12.2. The summed E-state index contributed by atoms with van der Waals surface area (Å²) in [4.78, 5) is 3.57. The molecule has 0 fully saturated rings. The van der Waals surface area contributed by atoms with Crippen LogP contribution in [0.5, 0.6) is 0 Å². The molecule has 0 aliphatic rings. The highest BCUT2D eigenvalue weighted by Crippen LogP contribution is 2.28. The molecule has 0 atom stereocenters. The molecule has 1 rings (SSSR count). The van der Waals surface area contributed by atoms with Crippen LogP contribution in [0.3, 0.4) is 0 Å². The van der Waals surface area contributed by atoms with Crippen molar-refractivity contribution in [2.24, 2.45) is 0 Å². The van der Waals surface area contributed by atoms with Crippen molar-refractivity contribution in [3.05, 3.63) is 21.8 Å². The van der Waals surface area contributed by atoms with Gasteiger partial charge in [0.2, 0.25) is 0 Å². The smallest absolute Gasteiger partial charge is 0.280 e. The van der Waals surface area contributed by atoms with Crippen LogP contribution in [0.1, 0.15) is 17.7 Å². The maximum atomic E-state index is 12.2. The Morgan fingerprint density at radius 2 is 2.15 bits per heavy atom. The van der Waals surface area contributed by atoms with Gasteiger partial charge in [-0.1, -0.05) is 31.9 Å². The number of rotatable bonds is 2. The van der Waals surface area contributed by atoms with Gasteiger partial charge >= 0.3 is 0 Å². The van der Waals surface area contributed by atoms with Gasteiger partial charge in [-0.3, -0.25) is 0 Å². The molecule has 1 heterocycles. The van der Waals surface area contributed by atoms with Gasteiger partial charge in [-0.25, -0.2) is 13.8 Å². The first kappa shape index (κ1) is 10.8. The van der Waals surface area contributed by atoms with Gasteiger partial charge in [-0.05, 0) is 6.07 Å². The lowest BCUT2D eigenvalue weighted by molar-refractivity contribution is 0.146.